The molecule has 6 nitrogen and oxygen atoms in total. The number of methoxy groups -OCH3 is 1. The first-order valence-electron chi connectivity index (χ1n) is 10.3. The summed E-state index contributed by atoms with van der Waals surface area (Å²) in [6.45, 7) is 0.776. The second kappa shape index (κ2) is 8.14. The van der Waals surface area contributed by atoms with Gasteiger partial charge in [0.25, 0.3) is 0 Å². The Kier molecular flexibility index (Phi) is 5.04. The minimum Gasteiger partial charge on any atom is -0.493 e. The van der Waals surface area contributed by atoms with Gasteiger partial charge < -0.3 is 18.6 Å². The van der Waals surface area contributed by atoms with Crippen LogP contribution in [0.2, 0.25) is 0 Å². The van der Waals surface area contributed by atoms with Gasteiger partial charge in [-0.2, -0.15) is 0 Å². The summed E-state index contributed by atoms with van der Waals surface area (Å²) in [5.74, 6) is 2.64. The lowest BCUT2D eigenvalue weighted by atomic mass is 10.1. The number of carbonyl (C=O) groups excluding carboxylic acids is 1. The fraction of sp³-hybridized carbons (Fsp3) is 0.200. The molecule has 4 aromatic rings. The zero-order valence-corrected chi connectivity index (χ0v) is 17.2. The largest absolute Gasteiger partial charge is 0.493 e. The summed E-state index contributed by atoms with van der Waals surface area (Å²) in [4.78, 5) is 16.4. The molecule has 0 amide bonds. The molecule has 0 aliphatic heterocycles. The molecular formula is C25H22N2O4. The SMILES string of the molecule is COC(=O)c1ccn2cc(-c3ccc(Oc4cccc(OCC5CC5)c4)cc3)nc2c1. The minimum atomic E-state index is -0.379. The number of benzene rings is 2. The summed E-state index contributed by atoms with van der Waals surface area (Å²) in [7, 11) is 1.37. The number of imidazole rings is 1. The molecule has 31 heavy (non-hydrogen) atoms. The lowest BCUT2D eigenvalue weighted by Gasteiger charge is -2.09. The van der Waals surface area contributed by atoms with Crippen molar-refractivity contribution in [3.8, 4) is 28.5 Å². The van der Waals surface area contributed by atoms with Gasteiger partial charge in [0, 0.05) is 24.0 Å². The number of nitrogens with zero attached hydrogens (tertiary/aromatic N) is 2. The van der Waals surface area contributed by atoms with Crippen LogP contribution in [0.4, 0.5) is 0 Å². The molecule has 2 aromatic heterocycles. The predicted octanol–water partition coefficient (Wildman–Crippen LogP) is 5.37. The van der Waals surface area contributed by atoms with E-state index in [0.29, 0.717) is 17.1 Å². The maximum atomic E-state index is 11.7. The van der Waals surface area contributed by atoms with Crippen LogP contribution in [-0.2, 0) is 4.74 Å². The predicted molar refractivity (Wildman–Crippen MR) is 117 cm³/mol. The highest BCUT2D eigenvalue weighted by Gasteiger charge is 2.21. The summed E-state index contributed by atoms with van der Waals surface area (Å²) in [6, 6.07) is 18.9. The van der Waals surface area contributed by atoms with Crippen LogP contribution in [0.25, 0.3) is 16.9 Å². The molecule has 0 N–H and O–H groups in total. The average Bonchev–Trinajstić information content (AvgIpc) is 3.54. The van der Waals surface area contributed by atoms with Crippen LogP contribution in [-0.4, -0.2) is 29.1 Å². The zero-order chi connectivity index (χ0) is 21.2. The molecule has 6 heteroatoms. The van der Waals surface area contributed by atoms with Crippen molar-refractivity contribution in [2.45, 2.75) is 12.8 Å². The van der Waals surface area contributed by atoms with Crippen molar-refractivity contribution >= 4 is 11.6 Å². The van der Waals surface area contributed by atoms with Gasteiger partial charge in [-0.1, -0.05) is 6.07 Å². The van der Waals surface area contributed by atoms with E-state index in [1.807, 2.05) is 59.1 Å². The van der Waals surface area contributed by atoms with E-state index < -0.39 is 0 Å². The van der Waals surface area contributed by atoms with Crippen molar-refractivity contribution < 1.29 is 19.0 Å². The Hall–Kier alpha value is -3.80. The molecular weight excluding hydrogens is 392 g/mol. The smallest absolute Gasteiger partial charge is 0.338 e. The molecule has 2 heterocycles. The Bertz CT molecular complexity index is 1230. The molecule has 1 aliphatic rings. The van der Waals surface area contributed by atoms with Gasteiger partial charge in [0.15, 0.2) is 0 Å². The topological polar surface area (TPSA) is 62.1 Å². The number of pyridine rings is 1. The van der Waals surface area contributed by atoms with Crippen LogP contribution in [0, 0.1) is 5.92 Å². The van der Waals surface area contributed by atoms with Crippen LogP contribution in [0.1, 0.15) is 23.2 Å². The highest BCUT2D eigenvalue weighted by Crippen LogP contribution is 2.31. The molecule has 0 bridgehead atoms. The summed E-state index contributed by atoms with van der Waals surface area (Å²) in [5.41, 5.74) is 2.92. The molecule has 0 spiro atoms. The molecule has 1 fully saturated rings. The number of hydrogen-bond acceptors (Lipinski definition) is 5. The number of fused-ring (bicyclic) bond motifs is 1. The fourth-order valence-corrected chi connectivity index (χ4v) is 3.32. The van der Waals surface area contributed by atoms with E-state index in [4.69, 9.17) is 14.2 Å². The van der Waals surface area contributed by atoms with Crippen LogP contribution in [0.3, 0.4) is 0 Å². The first kappa shape index (κ1) is 19.2. The number of esters is 1. The van der Waals surface area contributed by atoms with Crippen molar-refractivity contribution in [1.29, 1.82) is 0 Å². The summed E-state index contributed by atoms with van der Waals surface area (Å²) >= 11 is 0. The molecule has 1 saturated carbocycles. The number of carbonyl (C=O) groups is 1. The Morgan fingerprint density at radius 1 is 1.03 bits per heavy atom. The Morgan fingerprint density at radius 2 is 1.84 bits per heavy atom. The van der Waals surface area contributed by atoms with Crippen molar-refractivity contribution in [2.24, 2.45) is 5.92 Å². The summed E-state index contributed by atoms with van der Waals surface area (Å²) in [6.07, 6.45) is 6.25. The van der Waals surface area contributed by atoms with E-state index in [1.165, 1.54) is 20.0 Å². The van der Waals surface area contributed by atoms with Crippen molar-refractivity contribution in [3.63, 3.8) is 0 Å². The first-order chi connectivity index (χ1) is 15.2. The standard InChI is InChI=1S/C25H22N2O4/c1-29-25(28)19-11-12-27-15-23(26-24(27)13-19)18-7-9-20(10-8-18)31-22-4-2-3-21(14-22)30-16-17-5-6-17/h2-4,7-15,17H,5-6,16H2,1H3. The average molecular weight is 414 g/mol. The minimum absolute atomic E-state index is 0.379. The molecule has 156 valence electrons. The van der Waals surface area contributed by atoms with E-state index in [9.17, 15) is 4.79 Å². The van der Waals surface area contributed by atoms with Crippen molar-refractivity contribution in [3.05, 3.63) is 78.6 Å². The van der Waals surface area contributed by atoms with Crippen LogP contribution in [0.5, 0.6) is 17.2 Å². The molecule has 5 rings (SSSR count). The highest BCUT2D eigenvalue weighted by molar-refractivity contribution is 5.90. The fourth-order valence-electron chi connectivity index (χ4n) is 3.32. The highest BCUT2D eigenvalue weighted by atomic mass is 16.5. The molecule has 1 aliphatic carbocycles. The van der Waals surface area contributed by atoms with E-state index in [-0.39, 0.29) is 5.97 Å². The molecule has 0 saturated heterocycles. The van der Waals surface area contributed by atoms with Gasteiger partial charge in [0.2, 0.25) is 0 Å². The van der Waals surface area contributed by atoms with Gasteiger partial charge in [-0.15, -0.1) is 0 Å². The van der Waals surface area contributed by atoms with Crippen LogP contribution in [0.15, 0.2) is 73.1 Å². The van der Waals surface area contributed by atoms with E-state index >= 15 is 0 Å². The first-order valence-corrected chi connectivity index (χ1v) is 10.3. The lowest BCUT2D eigenvalue weighted by molar-refractivity contribution is 0.0600. The molecule has 0 radical (unpaired) electrons. The normalized spacial score (nSPS) is 13.2. The number of ether oxygens (including phenoxy) is 3. The van der Waals surface area contributed by atoms with Crippen molar-refractivity contribution in [1.82, 2.24) is 9.38 Å². The second-order valence-corrected chi connectivity index (χ2v) is 7.65. The molecule has 2 aromatic carbocycles. The van der Waals surface area contributed by atoms with E-state index in [0.717, 1.165) is 35.1 Å². The Labute approximate surface area is 180 Å². The van der Waals surface area contributed by atoms with Gasteiger partial charge in [0.05, 0.1) is 25.0 Å². The Morgan fingerprint density at radius 3 is 2.61 bits per heavy atom. The number of hydrogen-bond donors (Lipinski definition) is 0. The maximum absolute atomic E-state index is 11.7. The third-order valence-corrected chi connectivity index (χ3v) is 5.26. The van der Waals surface area contributed by atoms with E-state index in [1.54, 1.807) is 18.3 Å². The third kappa shape index (κ3) is 4.38. The molecule has 0 unspecified atom stereocenters. The van der Waals surface area contributed by atoms with Gasteiger partial charge in [0.1, 0.15) is 22.9 Å². The number of aromatic nitrogens is 2. The lowest BCUT2D eigenvalue weighted by Crippen LogP contribution is -2.01. The quantitative estimate of drug-likeness (QED) is 0.381. The van der Waals surface area contributed by atoms with Gasteiger partial charge >= 0.3 is 5.97 Å². The number of rotatable bonds is 7. The summed E-state index contributed by atoms with van der Waals surface area (Å²) in [5, 5.41) is 0. The zero-order valence-electron chi connectivity index (χ0n) is 17.2. The summed E-state index contributed by atoms with van der Waals surface area (Å²) < 4.78 is 18.5. The van der Waals surface area contributed by atoms with Gasteiger partial charge in [-0.3, -0.25) is 0 Å². The van der Waals surface area contributed by atoms with Gasteiger partial charge in [-0.05, 0) is 67.3 Å². The molecule has 0 atom stereocenters. The Balaban J connectivity index is 1.30. The van der Waals surface area contributed by atoms with Crippen LogP contribution >= 0.6 is 0 Å². The van der Waals surface area contributed by atoms with E-state index in [2.05, 4.69) is 4.98 Å². The second-order valence-electron chi connectivity index (χ2n) is 7.65. The maximum Gasteiger partial charge on any atom is 0.338 e. The van der Waals surface area contributed by atoms with Gasteiger partial charge in [-0.25, -0.2) is 9.78 Å². The van der Waals surface area contributed by atoms with Crippen LogP contribution < -0.4 is 9.47 Å². The van der Waals surface area contributed by atoms with Crippen molar-refractivity contribution in [2.75, 3.05) is 13.7 Å². The monoisotopic (exact) mass is 414 g/mol. The third-order valence-electron chi connectivity index (χ3n) is 5.26.